The SMILES string of the molecule is CC(NC(=O)C(C)n1cnc2ccccc21)c1ccc2c(c1)CCCC2. The van der Waals surface area contributed by atoms with Crippen LogP contribution >= 0.6 is 0 Å². The lowest BCUT2D eigenvalue weighted by Crippen LogP contribution is -2.33. The van der Waals surface area contributed by atoms with Crippen molar-refractivity contribution in [1.82, 2.24) is 14.9 Å². The summed E-state index contributed by atoms with van der Waals surface area (Å²) >= 11 is 0. The van der Waals surface area contributed by atoms with Crippen molar-refractivity contribution in [2.75, 3.05) is 0 Å². The summed E-state index contributed by atoms with van der Waals surface area (Å²) in [6.45, 7) is 3.98. The van der Waals surface area contributed by atoms with E-state index < -0.39 is 0 Å². The Labute approximate surface area is 154 Å². The Kier molecular flexibility index (Phi) is 4.49. The number of fused-ring (bicyclic) bond motifs is 2. The number of rotatable bonds is 4. The molecule has 2 atom stereocenters. The summed E-state index contributed by atoms with van der Waals surface area (Å²) in [6, 6.07) is 14.3. The van der Waals surface area contributed by atoms with Gasteiger partial charge in [-0.15, -0.1) is 0 Å². The molecule has 4 nitrogen and oxygen atoms in total. The van der Waals surface area contributed by atoms with Gasteiger partial charge in [0.15, 0.2) is 0 Å². The average molecular weight is 347 g/mol. The molecule has 1 heterocycles. The van der Waals surface area contributed by atoms with Crippen LogP contribution in [-0.4, -0.2) is 15.5 Å². The highest BCUT2D eigenvalue weighted by atomic mass is 16.2. The molecule has 2 aromatic carbocycles. The van der Waals surface area contributed by atoms with Gasteiger partial charge < -0.3 is 9.88 Å². The van der Waals surface area contributed by atoms with Crippen molar-refractivity contribution >= 4 is 16.9 Å². The normalized spacial score (nSPS) is 16.1. The molecule has 134 valence electrons. The first-order valence-corrected chi connectivity index (χ1v) is 9.47. The number of nitrogens with one attached hydrogen (secondary N) is 1. The Morgan fingerprint density at radius 3 is 2.69 bits per heavy atom. The van der Waals surface area contributed by atoms with Gasteiger partial charge >= 0.3 is 0 Å². The summed E-state index contributed by atoms with van der Waals surface area (Å²) in [7, 11) is 0. The van der Waals surface area contributed by atoms with Crippen LogP contribution in [0.1, 0.15) is 55.5 Å². The molecule has 1 aromatic heterocycles. The first kappa shape index (κ1) is 16.8. The van der Waals surface area contributed by atoms with Crippen LogP contribution in [0.15, 0.2) is 48.8 Å². The molecule has 0 fully saturated rings. The van der Waals surface area contributed by atoms with E-state index >= 15 is 0 Å². The van der Waals surface area contributed by atoms with Crippen molar-refractivity contribution in [3.63, 3.8) is 0 Å². The number of imidazole rings is 1. The Balaban J connectivity index is 1.50. The van der Waals surface area contributed by atoms with Gasteiger partial charge in [0.2, 0.25) is 5.91 Å². The molecular formula is C22H25N3O. The number of nitrogens with zero attached hydrogens (tertiary/aromatic N) is 2. The maximum atomic E-state index is 12.8. The molecule has 1 aliphatic carbocycles. The second-order valence-electron chi connectivity index (χ2n) is 7.28. The van der Waals surface area contributed by atoms with Crippen LogP contribution in [0.2, 0.25) is 0 Å². The lowest BCUT2D eigenvalue weighted by molar-refractivity contribution is -0.124. The van der Waals surface area contributed by atoms with Gasteiger partial charge in [-0.2, -0.15) is 0 Å². The molecule has 0 radical (unpaired) electrons. The van der Waals surface area contributed by atoms with Gasteiger partial charge in [0.1, 0.15) is 6.04 Å². The smallest absolute Gasteiger partial charge is 0.243 e. The fourth-order valence-electron chi connectivity index (χ4n) is 3.85. The fraction of sp³-hybridized carbons (Fsp3) is 0.364. The van der Waals surface area contributed by atoms with Crippen LogP contribution in [-0.2, 0) is 17.6 Å². The summed E-state index contributed by atoms with van der Waals surface area (Å²) in [5.74, 6) is 0.0124. The minimum absolute atomic E-state index is 0.00744. The van der Waals surface area contributed by atoms with E-state index in [-0.39, 0.29) is 18.0 Å². The Morgan fingerprint density at radius 1 is 1.08 bits per heavy atom. The van der Waals surface area contributed by atoms with Crippen LogP contribution in [0.5, 0.6) is 0 Å². The third kappa shape index (κ3) is 3.12. The molecule has 2 unspecified atom stereocenters. The Hall–Kier alpha value is -2.62. The van der Waals surface area contributed by atoms with Crippen LogP contribution in [0.25, 0.3) is 11.0 Å². The monoisotopic (exact) mass is 347 g/mol. The van der Waals surface area contributed by atoms with Gasteiger partial charge in [0.05, 0.1) is 23.4 Å². The van der Waals surface area contributed by atoms with Crippen molar-refractivity contribution < 1.29 is 4.79 Å². The van der Waals surface area contributed by atoms with E-state index in [2.05, 4.69) is 35.4 Å². The third-order valence-electron chi connectivity index (χ3n) is 5.51. The molecule has 1 amide bonds. The molecule has 0 saturated heterocycles. The second kappa shape index (κ2) is 6.94. The van der Waals surface area contributed by atoms with Crippen LogP contribution < -0.4 is 5.32 Å². The third-order valence-corrected chi connectivity index (χ3v) is 5.51. The highest BCUT2D eigenvalue weighted by Gasteiger charge is 2.20. The molecule has 0 saturated carbocycles. The van der Waals surface area contributed by atoms with Crippen LogP contribution in [0, 0.1) is 0 Å². The minimum Gasteiger partial charge on any atom is -0.348 e. The summed E-state index contributed by atoms with van der Waals surface area (Å²) in [4.78, 5) is 17.2. The molecule has 26 heavy (non-hydrogen) atoms. The van der Waals surface area contributed by atoms with Crippen molar-refractivity contribution in [2.45, 2.75) is 51.6 Å². The highest BCUT2D eigenvalue weighted by molar-refractivity contribution is 5.83. The number of carbonyl (C=O) groups excluding carboxylic acids is 1. The standard InChI is InChI=1S/C22H25N3O/c1-15(18-12-11-17-7-3-4-8-19(17)13-18)24-22(26)16(2)25-14-23-20-9-5-6-10-21(20)25/h5-6,9-16H,3-4,7-8H2,1-2H3,(H,24,26). The minimum atomic E-state index is -0.303. The first-order chi connectivity index (χ1) is 12.6. The second-order valence-corrected chi connectivity index (χ2v) is 7.28. The maximum absolute atomic E-state index is 12.8. The lowest BCUT2D eigenvalue weighted by Gasteiger charge is -2.22. The quantitative estimate of drug-likeness (QED) is 0.762. The molecule has 0 aliphatic heterocycles. The summed E-state index contributed by atoms with van der Waals surface area (Å²) in [6.07, 6.45) is 6.64. The molecule has 1 N–H and O–H groups in total. The lowest BCUT2D eigenvalue weighted by atomic mass is 9.89. The first-order valence-electron chi connectivity index (χ1n) is 9.47. The molecule has 0 bridgehead atoms. The highest BCUT2D eigenvalue weighted by Crippen LogP contribution is 2.25. The number of benzene rings is 2. The Bertz CT molecular complexity index is 943. The van der Waals surface area contributed by atoms with Gasteiger partial charge in [0.25, 0.3) is 0 Å². The summed E-state index contributed by atoms with van der Waals surface area (Å²) in [5, 5.41) is 3.17. The number of para-hydroxylation sites is 2. The van der Waals surface area contributed by atoms with E-state index in [1.807, 2.05) is 35.8 Å². The van der Waals surface area contributed by atoms with Crippen molar-refractivity contribution in [3.8, 4) is 0 Å². The summed E-state index contributed by atoms with van der Waals surface area (Å²) < 4.78 is 1.93. The number of hydrogen-bond donors (Lipinski definition) is 1. The van der Waals surface area contributed by atoms with Crippen molar-refractivity contribution in [2.24, 2.45) is 0 Å². The van der Waals surface area contributed by atoms with E-state index in [0.717, 1.165) is 17.5 Å². The number of carbonyl (C=O) groups is 1. The zero-order valence-corrected chi connectivity index (χ0v) is 15.4. The summed E-state index contributed by atoms with van der Waals surface area (Å²) in [5.41, 5.74) is 5.99. The van der Waals surface area contributed by atoms with Gasteiger partial charge in [-0.05, 0) is 68.4 Å². The van der Waals surface area contributed by atoms with Crippen molar-refractivity contribution in [1.29, 1.82) is 0 Å². The molecule has 3 aromatic rings. The van der Waals surface area contributed by atoms with E-state index in [4.69, 9.17) is 0 Å². The van der Waals surface area contributed by atoms with Gasteiger partial charge in [-0.1, -0.05) is 30.3 Å². The zero-order chi connectivity index (χ0) is 18.1. The zero-order valence-electron chi connectivity index (χ0n) is 15.4. The van der Waals surface area contributed by atoms with Crippen LogP contribution in [0.4, 0.5) is 0 Å². The molecule has 4 heteroatoms. The molecular weight excluding hydrogens is 322 g/mol. The van der Waals surface area contributed by atoms with Crippen LogP contribution in [0.3, 0.4) is 0 Å². The number of aryl methyl sites for hydroxylation is 2. The van der Waals surface area contributed by atoms with Gasteiger partial charge in [-0.3, -0.25) is 4.79 Å². The van der Waals surface area contributed by atoms with E-state index in [0.29, 0.717) is 0 Å². The predicted octanol–water partition coefficient (Wildman–Crippen LogP) is 4.35. The largest absolute Gasteiger partial charge is 0.348 e. The topological polar surface area (TPSA) is 46.9 Å². The number of amides is 1. The van der Waals surface area contributed by atoms with Crippen molar-refractivity contribution in [3.05, 3.63) is 65.5 Å². The average Bonchev–Trinajstić information content (AvgIpc) is 3.11. The van der Waals surface area contributed by atoms with E-state index in [9.17, 15) is 4.79 Å². The van der Waals surface area contributed by atoms with Gasteiger partial charge in [-0.25, -0.2) is 4.98 Å². The van der Waals surface area contributed by atoms with E-state index in [1.165, 1.54) is 36.0 Å². The fourth-order valence-corrected chi connectivity index (χ4v) is 3.85. The maximum Gasteiger partial charge on any atom is 0.243 e. The predicted molar refractivity (Wildman–Crippen MR) is 104 cm³/mol. The Morgan fingerprint density at radius 2 is 1.85 bits per heavy atom. The number of hydrogen-bond acceptors (Lipinski definition) is 2. The molecule has 4 rings (SSSR count). The molecule has 0 spiro atoms. The number of aromatic nitrogens is 2. The van der Waals surface area contributed by atoms with Gasteiger partial charge in [0, 0.05) is 0 Å². The molecule has 1 aliphatic rings. The van der Waals surface area contributed by atoms with E-state index in [1.54, 1.807) is 6.33 Å².